The van der Waals surface area contributed by atoms with Gasteiger partial charge in [0.2, 0.25) is 5.91 Å². The fourth-order valence-corrected chi connectivity index (χ4v) is 3.46. The zero-order valence-electron chi connectivity index (χ0n) is 13.9. The van der Waals surface area contributed by atoms with Crippen LogP contribution < -0.4 is 5.32 Å². The molecule has 0 aliphatic carbocycles. The molecule has 0 spiro atoms. The van der Waals surface area contributed by atoms with Gasteiger partial charge in [-0.05, 0) is 43.3 Å². The first-order valence-electron chi connectivity index (χ1n) is 7.84. The minimum absolute atomic E-state index is 0.178. The van der Waals surface area contributed by atoms with E-state index in [1.807, 2.05) is 42.0 Å². The van der Waals surface area contributed by atoms with Crippen LogP contribution in [0.1, 0.15) is 12.5 Å². The molecule has 3 aromatic rings. The molecule has 26 heavy (non-hydrogen) atoms. The second-order valence-electron chi connectivity index (χ2n) is 5.46. The molecule has 1 N–H and O–H groups in total. The van der Waals surface area contributed by atoms with E-state index < -0.39 is 0 Å². The first kappa shape index (κ1) is 18.2. The van der Waals surface area contributed by atoms with Crippen molar-refractivity contribution in [3.8, 4) is 11.8 Å². The number of anilines is 1. The lowest BCUT2D eigenvalue weighted by Crippen LogP contribution is -2.23. The van der Waals surface area contributed by atoms with Gasteiger partial charge in [-0.15, -0.1) is 0 Å². The molecule has 0 saturated carbocycles. The SMILES string of the molecule is CC(Sc1nccn1-c1ccc(Br)cc1)C(=O)Nc1ccccc1C#N. The molecule has 1 aromatic heterocycles. The van der Waals surface area contributed by atoms with E-state index in [0.717, 1.165) is 15.3 Å². The van der Waals surface area contributed by atoms with Gasteiger partial charge in [0.25, 0.3) is 0 Å². The molecule has 0 aliphatic rings. The van der Waals surface area contributed by atoms with Gasteiger partial charge in [-0.25, -0.2) is 4.98 Å². The van der Waals surface area contributed by atoms with Crippen LogP contribution in [0.15, 0.2) is 70.6 Å². The van der Waals surface area contributed by atoms with E-state index in [4.69, 9.17) is 5.26 Å². The van der Waals surface area contributed by atoms with Gasteiger partial charge in [-0.1, -0.05) is 39.8 Å². The molecule has 2 aromatic carbocycles. The Kier molecular flexibility index (Phi) is 5.76. The molecule has 0 aliphatic heterocycles. The van der Waals surface area contributed by atoms with E-state index in [9.17, 15) is 4.79 Å². The number of nitrogens with one attached hydrogen (secondary N) is 1. The van der Waals surface area contributed by atoms with E-state index in [0.29, 0.717) is 11.3 Å². The molecule has 1 amide bonds. The number of carbonyl (C=O) groups excluding carboxylic acids is 1. The molecule has 1 atom stereocenters. The maximum atomic E-state index is 12.5. The molecular formula is C19H15BrN4OS. The molecule has 130 valence electrons. The highest BCUT2D eigenvalue weighted by molar-refractivity contribution is 9.10. The summed E-state index contributed by atoms with van der Waals surface area (Å²) in [4.78, 5) is 16.9. The molecule has 0 radical (unpaired) electrons. The molecule has 1 unspecified atom stereocenters. The smallest absolute Gasteiger partial charge is 0.237 e. The van der Waals surface area contributed by atoms with Crippen LogP contribution in [0.2, 0.25) is 0 Å². The Labute approximate surface area is 164 Å². The van der Waals surface area contributed by atoms with Crippen LogP contribution in [0.4, 0.5) is 5.69 Å². The van der Waals surface area contributed by atoms with Crippen molar-refractivity contribution in [2.75, 3.05) is 5.32 Å². The minimum Gasteiger partial charge on any atom is -0.324 e. The van der Waals surface area contributed by atoms with Gasteiger partial charge >= 0.3 is 0 Å². The normalized spacial score (nSPS) is 11.6. The zero-order chi connectivity index (χ0) is 18.5. The van der Waals surface area contributed by atoms with E-state index in [2.05, 4.69) is 32.3 Å². The van der Waals surface area contributed by atoms with Crippen LogP contribution in [0.5, 0.6) is 0 Å². The van der Waals surface area contributed by atoms with Crippen molar-refractivity contribution in [2.45, 2.75) is 17.3 Å². The Morgan fingerprint density at radius 1 is 1.27 bits per heavy atom. The standard InChI is InChI=1S/C19H15BrN4OS/c1-13(18(25)23-17-5-3-2-4-14(17)12-21)26-19-22-10-11-24(19)16-8-6-15(20)7-9-16/h2-11,13H,1H3,(H,23,25). The number of hydrogen-bond acceptors (Lipinski definition) is 4. The predicted octanol–water partition coefficient (Wildman–Crippen LogP) is 4.63. The number of nitrogens with zero attached hydrogens (tertiary/aromatic N) is 3. The summed E-state index contributed by atoms with van der Waals surface area (Å²) in [5.41, 5.74) is 1.92. The quantitative estimate of drug-likeness (QED) is 0.603. The summed E-state index contributed by atoms with van der Waals surface area (Å²) in [5, 5.41) is 12.3. The van der Waals surface area contributed by atoms with Gasteiger partial charge in [-0.2, -0.15) is 5.26 Å². The molecule has 0 saturated heterocycles. The molecule has 0 bridgehead atoms. The number of rotatable bonds is 5. The van der Waals surface area contributed by atoms with Gasteiger partial charge in [-0.3, -0.25) is 9.36 Å². The van der Waals surface area contributed by atoms with Crippen molar-refractivity contribution in [1.82, 2.24) is 9.55 Å². The summed E-state index contributed by atoms with van der Waals surface area (Å²) in [5.74, 6) is -0.178. The molecule has 5 nitrogen and oxygen atoms in total. The maximum Gasteiger partial charge on any atom is 0.237 e. The molecule has 0 fully saturated rings. The van der Waals surface area contributed by atoms with Gasteiger partial charge in [0.15, 0.2) is 5.16 Å². The van der Waals surface area contributed by atoms with Crippen LogP contribution in [-0.2, 0) is 4.79 Å². The lowest BCUT2D eigenvalue weighted by Gasteiger charge is -2.14. The Hall–Kier alpha value is -2.56. The average molecular weight is 427 g/mol. The molecule has 1 heterocycles. The largest absolute Gasteiger partial charge is 0.324 e. The van der Waals surface area contributed by atoms with E-state index in [1.54, 1.807) is 30.5 Å². The minimum atomic E-state index is -0.377. The van der Waals surface area contributed by atoms with Gasteiger partial charge in [0.05, 0.1) is 16.5 Å². The van der Waals surface area contributed by atoms with E-state index in [1.165, 1.54) is 11.8 Å². The number of imidazole rings is 1. The fraction of sp³-hybridized carbons (Fsp3) is 0.105. The number of benzene rings is 2. The third-order valence-electron chi connectivity index (χ3n) is 3.67. The van der Waals surface area contributed by atoms with Crippen molar-refractivity contribution in [3.63, 3.8) is 0 Å². The monoisotopic (exact) mass is 426 g/mol. The molecule has 3 rings (SSSR count). The zero-order valence-corrected chi connectivity index (χ0v) is 16.3. The lowest BCUT2D eigenvalue weighted by atomic mass is 10.2. The highest BCUT2D eigenvalue weighted by atomic mass is 79.9. The van der Waals surface area contributed by atoms with Crippen LogP contribution in [0.25, 0.3) is 5.69 Å². The third kappa shape index (κ3) is 4.15. The van der Waals surface area contributed by atoms with Crippen molar-refractivity contribution in [3.05, 3.63) is 71.0 Å². The summed E-state index contributed by atoms with van der Waals surface area (Å²) in [7, 11) is 0. The van der Waals surface area contributed by atoms with E-state index in [-0.39, 0.29) is 11.2 Å². The van der Waals surface area contributed by atoms with Gasteiger partial charge < -0.3 is 5.32 Å². The van der Waals surface area contributed by atoms with Gasteiger partial charge in [0.1, 0.15) is 6.07 Å². The summed E-state index contributed by atoms with van der Waals surface area (Å²) in [6.45, 7) is 1.82. The number of nitriles is 1. The number of amides is 1. The van der Waals surface area contributed by atoms with Crippen LogP contribution in [0, 0.1) is 11.3 Å². The molecular weight excluding hydrogens is 412 g/mol. The summed E-state index contributed by atoms with van der Waals surface area (Å²) in [6, 6.07) is 16.9. The number of hydrogen-bond donors (Lipinski definition) is 1. The molecule has 7 heteroatoms. The van der Waals surface area contributed by atoms with Crippen LogP contribution in [-0.4, -0.2) is 20.7 Å². The van der Waals surface area contributed by atoms with Crippen molar-refractivity contribution in [2.24, 2.45) is 0 Å². The van der Waals surface area contributed by atoms with Gasteiger partial charge in [0, 0.05) is 22.6 Å². The number of thioether (sulfide) groups is 1. The topological polar surface area (TPSA) is 70.7 Å². The summed E-state index contributed by atoms with van der Waals surface area (Å²) < 4.78 is 2.93. The fourth-order valence-electron chi connectivity index (χ4n) is 2.31. The second kappa shape index (κ2) is 8.21. The summed E-state index contributed by atoms with van der Waals surface area (Å²) in [6.07, 6.45) is 3.57. The number of halogens is 1. The third-order valence-corrected chi connectivity index (χ3v) is 5.28. The summed E-state index contributed by atoms with van der Waals surface area (Å²) >= 11 is 4.79. The second-order valence-corrected chi connectivity index (χ2v) is 7.69. The average Bonchev–Trinajstić information content (AvgIpc) is 3.10. The van der Waals surface area contributed by atoms with Crippen molar-refractivity contribution in [1.29, 1.82) is 5.26 Å². The Balaban J connectivity index is 1.73. The Morgan fingerprint density at radius 2 is 2.00 bits per heavy atom. The van der Waals surface area contributed by atoms with Crippen LogP contribution >= 0.6 is 27.7 Å². The predicted molar refractivity (Wildman–Crippen MR) is 106 cm³/mol. The number of aromatic nitrogens is 2. The van der Waals surface area contributed by atoms with E-state index >= 15 is 0 Å². The maximum absolute atomic E-state index is 12.5. The van der Waals surface area contributed by atoms with Crippen LogP contribution in [0.3, 0.4) is 0 Å². The lowest BCUT2D eigenvalue weighted by molar-refractivity contribution is -0.115. The first-order chi connectivity index (χ1) is 12.6. The number of carbonyl (C=O) groups is 1. The Morgan fingerprint density at radius 3 is 2.73 bits per heavy atom. The highest BCUT2D eigenvalue weighted by Crippen LogP contribution is 2.26. The van der Waals surface area contributed by atoms with Crippen molar-refractivity contribution >= 4 is 39.3 Å². The number of para-hydroxylation sites is 1. The highest BCUT2D eigenvalue weighted by Gasteiger charge is 2.19. The Bertz CT molecular complexity index is 962. The first-order valence-corrected chi connectivity index (χ1v) is 9.51. The van der Waals surface area contributed by atoms with Crippen molar-refractivity contribution < 1.29 is 4.79 Å².